The lowest BCUT2D eigenvalue weighted by atomic mass is 10.2. The summed E-state index contributed by atoms with van der Waals surface area (Å²) >= 11 is 0. The van der Waals surface area contributed by atoms with Gasteiger partial charge < -0.3 is 44.7 Å². The normalized spacial score (nSPS) is 11.1. The molecule has 0 amide bonds. The van der Waals surface area contributed by atoms with E-state index in [4.69, 9.17) is 5.73 Å². The average molecular weight is 285 g/mol. The Bertz CT molecular complexity index is 162. The molecule has 5 heteroatoms. The highest BCUT2D eigenvalue weighted by molar-refractivity contribution is 4.95. The van der Waals surface area contributed by atoms with Crippen molar-refractivity contribution >= 4 is 0 Å². The van der Waals surface area contributed by atoms with Crippen molar-refractivity contribution in [3.05, 3.63) is 18.2 Å². The Labute approximate surface area is 87.3 Å². The fourth-order valence-electron chi connectivity index (χ4n) is 0.743. The maximum atomic E-state index is 5.54. The van der Waals surface area contributed by atoms with Gasteiger partial charge in [-0.05, 0) is 6.92 Å². The van der Waals surface area contributed by atoms with Crippen molar-refractivity contribution in [1.29, 1.82) is 0 Å². The van der Waals surface area contributed by atoms with Gasteiger partial charge in [0.15, 0.2) is 0 Å². The predicted octanol–water partition coefficient (Wildman–Crippen LogP) is -5.69. The number of hydrogen-bond acceptors (Lipinski definition) is 2. The van der Waals surface area contributed by atoms with Crippen LogP contribution in [-0.2, 0) is 6.42 Å². The van der Waals surface area contributed by atoms with Gasteiger partial charge in [0.05, 0.1) is 6.33 Å². The minimum Gasteiger partial charge on any atom is -1.00 e. The van der Waals surface area contributed by atoms with E-state index in [-0.39, 0.29) is 40.0 Å². The maximum absolute atomic E-state index is 5.54. The molecule has 1 atom stereocenters. The number of hydrogen-bond donors (Lipinski definition) is 2. The van der Waals surface area contributed by atoms with Gasteiger partial charge in [-0.2, -0.15) is 0 Å². The second kappa shape index (κ2) is 6.82. The van der Waals surface area contributed by atoms with Gasteiger partial charge in [0.2, 0.25) is 0 Å². The Balaban J connectivity index is 0. The molecule has 0 bridgehead atoms. The summed E-state index contributed by atoms with van der Waals surface area (Å²) in [6, 6.07) is 0.213. The minimum absolute atomic E-state index is 0. The zero-order valence-corrected chi connectivity index (χ0v) is 9.39. The van der Waals surface area contributed by atoms with Crippen molar-refractivity contribution in [3.8, 4) is 0 Å². The van der Waals surface area contributed by atoms with Crippen LogP contribution in [0.5, 0.6) is 0 Å². The van der Waals surface area contributed by atoms with E-state index in [1.54, 1.807) is 12.5 Å². The van der Waals surface area contributed by atoms with Crippen LogP contribution in [0.4, 0.5) is 0 Å². The van der Waals surface area contributed by atoms with Crippen molar-refractivity contribution in [2.45, 2.75) is 19.4 Å². The molecular weight excluding hydrogens is 274 g/mol. The van der Waals surface area contributed by atoms with Crippen molar-refractivity contribution in [2.24, 2.45) is 5.73 Å². The van der Waals surface area contributed by atoms with Gasteiger partial charge >= 0.3 is 0 Å². The van der Waals surface area contributed by atoms with E-state index in [1.165, 1.54) is 0 Å². The monoisotopic (exact) mass is 283 g/mol. The zero-order valence-electron chi connectivity index (χ0n) is 6.22. The molecule has 0 aromatic carbocycles. The summed E-state index contributed by atoms with van der Waals surface area (Å²) in [6.45, 7) is 1.97. The van der Waals surface area contributed by atoms with Crippen molar-refractivity contribution in [1.82, 2.24) is 9.97 Å². The molecule has 0 aliphatic carbocycles. The van der Waals surface area contributed by atoms with E-state index in [1.807, 2.05) is 6.92 Å². The van der Waals surface area contributed by atoms with Gasteiger partial charge in [0.25, 0.3) is 0 Å². The van der Waals surface area contributed by atoms with E-state index >= 15 is 0 Å². The van der Waals surface area contributed by atoms with Crippen molar-refractivity contribution in [3.63, 3.8) is 0 Å². The Hall–Kier alpha value is 0.130. The molecule has 0 aliphatic heterocycles. The van der Waals surface area contributed by atoms with Crippen LogP contribution in [0.2, 0.25) is 0 Å². The first-order valence-corrected chi connectivity index (χ1v) is 3.02. The summed E-state index contributed by atoms with van der Waals surface area (Å²) < 4.78 is 0. The second-order valence-corrected chi connectivity index (χ2v) is 2.26. The fourth-order valence-corrected chi connectivity index (χ4v) is 0.743. The van der Waals surface area contributed by atoms with Gasteiger partial charge in [0, 0.05) is 24.4 Å². The molecule has 0 radical (unpaired) electrons. The Morgan fingerprint density at radius 3 is 2.64 bits per heavy atom. The molecule has 0 unspecified atom stereocenters. The summed E-state index contributed by atoms with van der Waals surface area (Å²) in [5.41, 5.74) is 6.64. The molecule has 1 rings (SSSR count). The molecular formula is C6H11Br2N3-2. The van der Waals surface area contributed by atoms with Crippen LogP contribution in [0.15, 0.2) is 12.5 Å². The van der Waals surface area contributed by atoms with Gasteiger partial charge in [-0.15, -0.1) is 0 Å². The number of imidazole rings is 1. The summed E-state index contributed by atoms with van der Waals surface area (Å²) in [4.78, 5) is 6.84. The average Bonchev–Trinajstić information content (AvgIpc) is 2.15. The molecule has 0 aliphatic rings. The van der Waals surface area contributed by atoms with Crippen LogP contribution < -0.4 is 39.7 Å². The lowest BCUT2D eigenvalue weighted by Gasteiger charge is -1.99. The molecule has 0 saturated heterocycles. The molecule has 0 spiro atoms. The van der Waals surface area contributed by atoms with Crippen LogP contribution in [0.25, 0.3) is 0 Å². The fraction of sp³-hybridized carbons (Fsp3) is 0.500. The highest BCUT2D eigenvalue weighted by atomic mass is 79.9. The number of nitrogens with zero attached hydrogens (tertiary/aromatic N) is 1. The largest absolute Gasteiger partial charge is 1.00 e. The summed E-state index contributed by atoms with van der Waals surface area (Å²) in [5.74, 6) is 0. The van der Waals surface area contributed by atoms with E-state index in [2.05, 4.69) is 9.97 Å². The standard InChI is InChI=1S/C6H11N3.2BrH/c1-5(7)2-6-3-8-4-9-6;;/h3-5H,2,7H2,1H3,(H,8,9);2*1H/p-2/t5-;;/m0../s1. The van der Waals surface area contributed by atoms with Crippen molar-refractivity contribution in [2.75, 3.05) is 0 Å². The predicted molar refractivity (Wildman–Crippen MR) is 35.9 cm³/mol. The van der Waals surface area contributed by atoms with Crippen LogP contribution in [0.1, 0.15) is 12.6 Å². The minimum atomic E-state index is 0. The lowest BCUT2D eigenvalue weighted by molar-refractivity contribution is -0.001000. The third-order valence-electron chi connectivity index (χ3n) is 1.10. The topological polar surface area (TPSA) is 54.7 Å². The first kappa shape index (κ1) is 13.7. The SMILES string of the molecule is C[C@H](N)Cc1cnc[nH]1.[Br-].[Br-]. The zero-order chi connectivity index (χ0) is 6.69. The first-order chi connectivity index (χ1) is 4.29. The number of aromatic nitrogens is 2. The molecule has 66 valence electrons. The lowest BCUT2D eigenvalue weighted by Crippen LogP contribution is -3.00. The number of rotatable bonds is 2. The number of nitrogens with two attached hydrogens (primary N) is 1. The second-order valence-electron chi connectivity index (χ2n) is 2.26. The summed E-state index contributed by atoms with van der Waals surface area (Å²) in [6.07, 6.45) is 4.33. The molecule has 11 heavy (non-hydrogen) atoms. The summed E-state index contributed by atoms with van der Waals surface area (Å²) in [7, 11) is 0. The molecule has 0 saturated carbocycles. The maximum Gasteiger partial charge on any atom is 0.0921 e. The Morgan fingerprint density at radius 2 is 2.27 bits per heavy atom. The van der Waals surface area contributed by atoms with E-state index in [9.17, 15) is 0 Å². The molecule has 1 heterocycles. The van der Waals surface area contributed by atoms with Crippen molar-refractivity contribution < 1.29 is 34.0 Å². The highest BCUT2D eigenvalue weighted by Gasteiger charge is 1.96. The van der Waals surface area contributed by atoms with Gasteiger partial charge in [0.1, 0.15) is 0 Å². The number of nitrogens with one attached hydrogen (secondary N) is 1. The van der Waals surface area contributed by atoms with Gasteiger partial charge in [-0.25, -0.2) is 4.98 Å². The Kier molecular flexibility index (Phi) is 8.49. The smallest absolute Gasteiger partial charge is 0.0921 e. The number of H-pyrrole nitrogens is 1. The quantitative estimate of drug-likeness (QED) is 0.569. The van der Waals surface area contributed by atoms with Crippen LogP contribution >= 0.6 is 0 Å². The molecule has 1 aromatic rings. The third kappa shape index (κ3) is 5.41. The third-order valence-corrected chi connectivity index (χ3v) is 1.10. The van der Waals surface area contributed by atoms with Gasteiger partial charge in [-0.1, -0.05) is 0 Å². The number of halogens is 2. The Morgan fingerprint density at radius 1 is 1.64 bits per heavy atom. The van der Waals surface area contributed by atoms with E-state index < -0.39 is 0 Å². The van der Waals surface area contributed by atoms with E-state index in [0.29, 0.717) is 0 Å². The highest BCUT2D eigenvalue weighted by Crippen LogP contribution is 1.93. The first-order valence-electron chi connectivity index (χ1n) is 3.02. The molecule has 3 nitrogen and oxygen atoms in total. The summed E-state index contributed by atoms with van der Waals surface area (Å²) in [5, 5.41) is 0. The van der Waals surface area contributed by atoms with Gasteiger partial charge in [-0.3, -0.25) is 0 Å². The molecule has 0 fully saturated rings. The molecule has 3 N–H and O–H groups in total. The van der Waals surface area contributed by atoms with Crippen LogP contribution in [-0.4, -0.2) is 16.0 Å². The molecule has 1 aromatic heterocycles. The number of aromatic amines is 1. The van der Waals surface area contributed by atoms with Crippen LogP contribution in [0.3, 0.4) is 0 Å². The van der Waals surface area contributed by atoms with Crippen LogP contribution in [0, 0.1) is 0 Å². The van der Waals surface area contributed by atoms with E-state index in [0.717, 1.165) is 12.1 Å².